The van der Waals surface area contributed by atoms with Crippen LogP contribution in [0.1, 0.15) is 11.4 Å². The monoisotopic (exact) mass is 251 g/mol. The number of nitrogens with zero attached hydrogens (tertiary/aromatic N) is 2. The number of nitrogens with one attached hydrogen (secondary N) is 3. The zero-order valence-corrected chi connectivity index (χ0v) is 10.9. The lowest BCUT2D eigenvalue weighted by molar-refractivity contribution is 0.934. The first-order valence-corrected chi connectivity index (χ1v) is 6.42. The summed E-state index contributed by atoms with van der Waals surface area (Å²) in [5, 5.41) is 5.80. The van der Waals surface area contributed by atoms with Gasteiger partial charge in [-0.25, -0.2) is 4.98 Å². The van der Waals surface area contributed by atoms with Gasteiger partial charge in [0.2, 0.25) is 5.96 Å². The Morgan fingerprint density at radius 1 is 1.71 bits per heavy atom. The van der Waals surface area contributed by atoms with Gasteiger partial charge >= 0.3 is 0 Å². The van der Waals surface area contributed by atoms with Crippen molar-refractivity contribution in [1.82, 2.24) is 20.6 Å². The van der Waals surface area contributed by atoms with E-state index in [-0.39, 0.29) is 0 Å². The van der Waals surface area contributed by atoms with E-state index in [0.29, 0.717) is 5.96 Å². The van der Waals surface area contributed by atoms with Crippen molar-refractivity contribution >= 4 is 17.7 Å². The molecule has 92 valence electrons. The molecule has 0 radical (unpaired) electrons. The molecule has 3 N–H and O–H groups in total. The highest BCUT2D eigenvalue weighted by Crippen LogP contribution is 2.11. The fourth-order valence-corrected chi connectivity index (χ4v) is 2.07. The predicted molar refractivity (Wildman–Crippen MR) is 72.8 cm³/mol. The second-order valence-corrected chi connectivity index (χ2v) is 4.40. The summed E-state index contributed by atoms with van der Waals surface area (Å²) < 4.78 is 0. The molecule has 0 aromatic carbocycles. The number of aliphatic imine (C=N–C) groups is 1. The lowest BCUT2D eigenvalue weighted by atomic mass is 10.4. The number of H-pyrrole nitrogens is 1. The summed E-state index contributed by atoms with van der Waals surface area (Å²) in [5.74, 6) is 2.51. The molecule has 0 fully saturated rings. The molecule has 0 saturated carbocycles. The number of aromatic amines is 1. The summed E-state index contributed by atoms with van der Waals surface area (Å²) in [6.07, 6.45) is 6.84. The molecular weight excluding hydrogens is 234 g/mol. The van der Waals surface area contributed by atoms with Crippen molar-refractivity contribution in [1.29, 1.82) is 0 Å². The number of terminal acetylenes is 1. The summed E-state index contributed by atoms with van der Waals surface area (Å²) in [4.78, 5) is 11.3. The summed E-state index contributed by atoms with van der Waals surface area (Å²) in [5.41, 5.74) is 2.25. The third-order valence-corrected chi connectivity index (χ3v) is 3.10. The van der Waals surface area contributed by atoms with Crippen LogP contribution in [-0.2, 0) is 5.75 Å². The molecule has 0 aliphatic rings. The van der Waals surface area contributed by atoms with Crippen LogP contribution in [0.25, 0.3) is 0 Å². The van der Waals surface area contributed by atoms with Crippen LogP contribution < -0.4 is 10.6 Å². The standard InChI is InChI=1S/C11H17N5S/c1-4-13-11(12-3)14-5-6-17-7-10-9(2)15-8-16-10/h1,8H,5-7H2,2-3H3,(H,15,16)(H2,12,13,14). The molecular formula is C11H17N5S. The minimum Gasteiger partial charge on any atom is -0.355 e. The van der Waals surface area contributed by atoms with Crippen LogP contribution in [0.15, 0.2) is 11.3 Å². The lowest BCUT2D eigenvalue weighted by Crippen LogP contribution is -2.35. The Morgan fingerprint density at radius 2 is 2.53 bits per heavy atom. The molecule has 0 spiro atoms. The van der Waals surface area contributed by atoms with Crippen molar-refractivity contribution in [2.24, 2.45) is 4.99 Å². The second-order valence-electron chi connectivity index (χ2n) is 3.30. The fourth-order valence-electron chi connectivity index (χ4n) is 1.19. The van der Waals surface area contributed by atoms with Crippen molar-refractivity contribution in [3.63, 3.8) is 0 Å². The van der Waals surface area contributed by atoms with Crippen LogP contribution in [0.5, 0.6) is 0 Å². The van der Waals surface area contributed by atoms with Gasteiger partial charge in [-0.05, 0) is 6.92 Å². The molecule has 1 rings (SSSR count). The highest BCUT2D eigenvalue weighted by molar-refractivity contribution is 7.98. The fraction of sp³-hybridized carbons (Fsp3) is 0.455. The van der Waals surface area contributed by atoms with Gasteiger partial charge in [0, 0.05) is 36.8 Å². The predicted octanol–water partition coefficient (Wildman–Crippen LogP) is 0.707. The Balaban J connectivity index is 2.13. The number of guanidine groups is 1. The van der Waals surface area contributed by atoms with Crippen LogP contribution in [-0.4, -0.2) is 35.3 Å². The normalized spacial score (nSPS) is 11.0. The topological polar surface area (TPSA) is 65.1 Å². The summed E-state index contributed by atoms with van der Waals surface area (Å²) in [6, 6.07) is 2.33. The molecule has 0 bridgehead atoms. The van der Waals surface area contributed by atoms with E-state index in [1.165, 1.54) is 0 Å². The molecule has 1 aromatic rings. The zero-order valence-electron chi connectivity index (χ0n) is 10.1. The Hall–Kier alpha value is -1.61. The van der Waals surface area contributed by atoms with E-state index in [0.717, 1.165) is 29.4 Å². The van der Waals surface area contributed by atoms with Crippen LogP contribution in [0.2, 0.25) is 0 Å². The van der Waals surface area contributed by atoms with E-state index in [4.69, 9.17) is 6.42 Å². The van der Waals surface area contributed by atoms with Crippen molar-refractivity contribution < 1.29 is 0 Å². The quantitative estimate of drug-likeness (QED) is 0.237. The Kier molecular flexibility index (Phi) is 6.04. The van der Waals surface area contributed by atoms with E-state index in [2.05, 4.69) is 31.6 Å². The smallest absolute Gasteiger partial charge is 0.202 e. The molecule has 6 heteroatoms. The molecule has 0 amide bonds. The molecule has 1 heterocycles. The molecule has 0 aliphatic carbocycles. The number of rotatable bonds is 5. The SMILES string of the molecule is C#CN/C(=N/C)NCCSCc1nc[nH]c1C. The number of hydrogen-bond acceptors (Lipinski definition) is 3. The minimum absolute atomic E-state index is 0.629. The first-order valence-electron chi connectivity index (χ1n) is 5.26. The van der Waals surface area contributed by atoms with E-state index in [9.17, 15) is 0 Å². The average Bonchev–Trinajstić information content (AvgIpc) is 2.73. The average molecular weight is 251 g/mol. The van der Waals surface area contributed by atoms with Gasteiger partial charge in [0.1, 0.15) is 0 Å². The minimum atomic E-state index is 0.629. The molecule has 17 heavy (non-hydrogen) atoms. The zero-order chi connectivity index (χ0) is 12.5. The third kappa shape index (κ3) is 4.83. The number of aromatic nitrogens is 2. The van der Waals surface area contributed by atoms with Crippen LogP contribution in [0.3, 0.4) is 0 Å². The molecule has 0 saturated heterocycles. The van der Waals surface area contributed by atoms with Crippen molar-refractivity contribution in [3.05, 3.63) is 17.7 Å². The van der Waals surface area contributed by atoms with Crippen molar-refractivity contribution in [2.45, 2.75) is 12.7 Å². The van der Waals surface area contributed by atoms with Gasteiger partial charge in [-0.1, -0.05) is 6.42 Å². The van der Waals surface area contributed by atoms with Crippen LogP contribution in [0, 0.1) is 19.4 Å². The maximum atomic E-state index is 5.12. The van der Waals surface area contributed by atoms with Crippen molar-refractivity contribution in [2.75, 3.05) is 19.3 Å². The van der Waals surface area contributed by atoms with Gasteiger partial charge in [0.15, 0.2) is 0 Å². The van der Waals surface area contributed by atoms with E-state index in [1.807, 2.05) is 18.7 Å². The molecule has 1 aromatic heterocycles. The summed E-state index contributed by atoms with van der Waals surface area (Å²) in [6.45, 7) is 2.84. The Labute approximate surface area is 106 Å². The number of thioether (sulfide) groups is 1. The van der Waals surface area contributed by atoms with Crippen molar-refractivity contribution in [3.8, 4) is 12.5 Å². The highest BCUT2D eigenvalue weighted by Gasteiger charge is 2.00. The number of imidazole rings is 1. The Bertz CT molecular complexity index is 404. The number of hydrogen-bond donors (Lipinski definition) is 3. The summed E-state index contributed by atoms with van der Waals surface area (Å²) in [7, 11) is 1.69. The first kappa shape index (κ1) is 13.5. The second kappa shape index (κ2) is 7.63. The van der Waals surface area contributed by atoms with E-state index >= 15 is 0 Å². The third-order valence-electron chi connectivity index (χ3n) is 2.13. The first-order chi connectivity index (χ1) is 8.27. The highest BCUT2D eigenvalue weighted by atomic mass is 32.2. The largest absolute Gasteiger partial charge is 0.355 e. The summed E-state index contributed by atoms with van der Waals surface area (Å²) >= 11 is 1.82. The molecule has 0 atom stereocenters. The maximum Gasteiger partial charge on any atom is 0.202 e. The van der Waals surface area contributed by atoms with Gasteiger partial charge in [0.05, 0.1) is 12.0 Å². The van der Waals surface area contributed by atoms with E-state index in [1.54, 1.807) is 13.4 Å². The van der Waals surface area contributed by atoms with Gasteiger partial charge in [0.25, 0.3) is 0 Å². The number of aryl methyl sites for hydroxylation is 1. The molecule has 0 unspecified atom stereocenters. The van der Waals surface area contributed by atoms with Crippen LogP contribution in [0.4, 0.5) is 0 Å². The molecule has 0 aliphatic heterocycles. The maximum absolute atomic E-state index is 5.12. The Morgan fingerprint density at radius 3 is 3.12 bits per heavy atom. The van der Waals surface area contributed by atoms with Crippen LogP contribution >= 0.6 is 11.8 Å². The van der Waals surface area contributed by atoms with Gasteiger partial charge < -0.3 is 10.3 Å². The lowest BCUT2D eigenvalue weighted by Gasteiger charge is -2.06. The van der Waals surface area contributed by atoms with Gasteiger partial charge in [-0.2, -0.15) is 11.8 Å². The molecule has 5 nitrogen and oxygen atoms in total. The van der Waals surface area contributed by atoms with Gasteiger partial charge in [-0.3, -0.25) is 10.3 Å². The van der Waals surface area contributed by atoms with E-state index < -0.39 is 0 Å². The van der Waals surface area contributed by atoms with Gasteiger partial charge in [-0.15, -0.1) is 0 Å².